The van der Waals surface area contributed by atoms with Crippen molar-refractivity contribution in [2.24, 2.45) is 0 Å². The molecule has 3 rings (SSSR count). The molecule has 1 N–H and O–H groups in total. The highest BCUT2D eigenvalue weighted by Crippen LogP contribution is 2.24. The van der Waals surface area contributed by atoms with Crippen LogP contribution < -0.4 is 10.1 Å². The number of aryl methyl sites for hydroxylation is 2. The summed E-state index contributed by atoms with van der Waals surface area (Å²) >= 11 is 6.22. The van der Waals surface area contributed by atoms with E-state index in [-0.39, 0.29) is 0 Å². The molecule has 0 saturated heterocycles. The second kappa shape index (κ2) is 10.3. The first-order valence-corrected chi connectivity index (χ1v) is 10.2. The van der Waals surface area contributed by atoms with Crippen LogP contribution in [-0.2, 0) is 19.6 Å². The average Bonchev–Trinajstić information content (AvgIpc) is 2.72. The highest BCUT2D eigenvalue weighted by atomic mass is 35.5. The average molecular weight is 394 g/mol. The molecule has 28 heavy (non-hydrogen) atoms. The molecule has 0 amide bonds. The molecule has 0 aliphatic rings. The van der Waals surface area contributed by atoms with Crippen LogP contribution in [0.5, 0.6) is 5.75 Å². The Kier molecular flexibility index (Phi) is 7.53. The number of rotatable bonds is 9. The smallest absolute Gasteiger partial charge is 0.124 e. The van der Waals surface area contributed by atoms with Gasteiger partial charge in [0, 0.05) is 23.2 Å². The molecule has 0 unspecified atom stereocenters. The molecule has 0 aliphatic carbocycles. The van der Waals surface area contributed by atoms with Crippen LogP contribution in [0.25, 0.3) is 0 Å². The first-order valence-electron chi connectivity index (χ1n) is 9.84. The van der Waals surface area contributed by atoms with Crippen LogP contribution >= 0.6 is 11.6 Å². The predicted molar refractivity (Wildman–Crippen MR) is 118 cm³/mol. The van der Waals surface area contributed by atoms with Gasteiger partial charge in [0.25, 0.3) is 0 Å². The Morgan fingerprint density at radius 2 is 1.68 bits per heavy atom. The zero-order chi connectivity index (χ0) is 19.8. The summed E-state index contributed by atoms with van der Waals surface area (Å²) < 4.78 is 6.08. The number of hydrogen-bond donors (Lipinski definition) is 1. The molecule has 0 spiro atoms. The minimum absolute atomic E-state index is 0.407. The van der Waals surface area contributed by atoms with Crippen LogP contribution in [0.1, 0.15) is 35.6 Å². The van der Waals surface area contributed by atoms with Crippen LogP contribution in [-0.4, -0.2) is 6.04 Å². The fraction of sp³-hybridized carbons (Fsp3) is 0.280. The van der Waals surface area contributed by atoms with Crippen molar-refractivity contribution in [3.05, 3.63) is 100 Å². The van der Waals surface area contributed by atoms with Crippen molar-refractivity contribution in [1.29, 1.82) is 0 Å². The molecule has 0 bridgehead atoms. The second-order valence-corrected chi connectivity index (χ2v) is 7.77. The van der Waals surface area contributed by atoms with Crippen LogP contribution in [0.2, 0.25) is 5.02 Å². The monoisotopic (exact) mass is 393 g/mol. The second-order valence-electron chi connectivity index (χ2n) is 7.33. The highest BCUT2D eigenvalue weighted by molar-refractivity contribution is 6.30. The molecular weight excluding hydrogens is 366 g/mol. The van der Waals surface area contributed by atoms with E-state index in [0.717, 1.165) is 41.3 Å². The molecule has 0 aliphatic heterocycles. The van der Waals surface area contributed by atoms with E-state index in [1.807, 2.05) is 18.2 Å². The van der Waals surface area contributed by atoms with Gasteiger partial charge in [-0.3, -0.25) is 0 Å². The third-order valence-electron chi connectivity index (χ3n) is 4.89. The quantitative estimate of drug-likeness (QED) is 0.458. The normalized spacial score (nSPS) is 12.0. The van der Waals surface area contributed by atoms with Crippen LogP contribution in [0.4, 0.5) is 0 Å². The van der Waals surface area contributed by atoms with Gasteiger partial charge in [-0.2, -0.15) is 0 Å². The van der Waals surface area contributed by atoms with E-state index in [4.69, 9.17) is 16.3 Å². The van der Waals surface area contributed by atoms with E-state index in [1.54, 1.807) is 0 Å². The van der Waals surface area contributed by atoms with E-state index >= 15 is 0 Å². The summed E-state index contributed by atoms with van der Waals surface area (Å²) in [5.74, 6) is 0.882. The molecule has 0 aromatic heterocycles. The summed E-state index contributed by atoms with van der Waals surface area (Å²) in [6, 6.07) is 25.3. The van der Waals surface area contributed by atoms with Crippen LogP contribution in [0, 0.1) is 6.92 Å². The third kappa shape index (κ3) is 6.40. The first kappa shape index (κ1) is 20.4. The third-order valence-corrected chi connectivity index (χ3v) is 5.12. The van der Waals surface area contributed by atoms with E-state index < -0.39 is 0 Å². The van der Waals surface area contributed by atoms with E-state index in [2.05, 4.69) is 73.8 Å². The largest absolute Gasteiger partial charge is 0.489 e. The van der Waals surface area contributed by atoms with Crippen molar-refractivity contribution in [2.45, 2.75) is 45.9 Å². The lowest BCUT2D eigenvalue weighted by Gasteiger charge is -2.17. The maximum Gasteiger partial charge on any atom is 0.124 e. The van der Waals surface area contributed by atoms with Crippen molar-refractivity contribution >= 4 is 11.6 Å². The molecule has 0 fully saturated rings. The van der Waals surface area contributed by atoms with E-state index in [9.17, 15) is 0 Å². The minimum Gasteiger partial charge on any atom is -0.489 e. The molecule has 146 valence electrons. The molecule has 3 heteroatoms. The summed E-state index contributed by atoms with van der Waals surface area (Å²) in [7, 11) is 0. The number of nitrogens with one attached hydrogen (secondary N) is 1. The summed E-state index contributed by atoms with van der Waals surface area (Å²) in [5, 5.41) is 4.34. The van der Waals surface area contributed by atoms with Gasteiger partial charge in [0.1, 0.15) is 12.4 Å². The topological polar surface area (TPSA) is 21.3 Å². The number of ether oxygens (including phenoxy) is 1. The molecule has 3 aromatic carbocycles. The molecule has 0 radical (unpaired) electrons. The van der Waals surface area contributed by atoms with Gasteiger partial charge < -0.3 is 10.1 Å². The van der Waals surface area contributed by atoms with Crippen molar-refractivity contribution in [1.82, 2.24) is 5.32 Å². The van der Waals surface area contributed by atoms with Gasteiger partial charge in [-0.05, 0) is 56.0 Å². The number of halogens is 1. The van der Waals surface area contributed by atoms with Gasteiger partial charge >= 0.3 is 0 Å². The van der Waals surface area contributed by atoms with Gasteiger partial charge in [-0.15, -0.1) is 0 Å². The SMILES string of the molecule is Cc1ccc(COc2ccc(Cl)cc2CN[C@@H](C)CCc2ccccc2)cc1. The lowest BCUT2D eigenvalue weighted by Crippen LogP contribution is -2.26. The summed E-state index contributed by atoms with van der Waals surface area (Å²) in [6.07, 6.45) is 2.16. The summed E-state index contributed by atoms with van der Waals surface area (Å²) in [4.78, 5) is 0. The van der Waals surface area contributed by atoms with Gasteiger partial charge in [0.05, 0.1) is 0 Å². The van der Waals surface area contributed by atoms with Crippen molar-refractivity contribution < 1.29 is 4.74 Å². The molecular formula is C25H28ClNO. The number of hydrogen-bond acceptors (Lipinski definition) is 2. The predicted octanol–water partition coefficient (Wildman–Crippen LogP) is 6.34. The maximum absolute atomic E-state index is 6.22. The Labute approximate surface area is 173 Å². The minimum atomic E-state index is 0.407. The van der Waals surface area contributed by atoms with Gasteiger partial charge in [-0.25, -0.2) is 0 Å². The Morgan fingerprint density at radius 3 is 2.43 bits per heavy atom. The number of benzene rings is 3. The zero-order valence-corrected chi connectivity index (χ0v) is 17.4. The first-order chi connectivity index (χ1) is 13.6. The standard InChI is InChI=1S/C25H28ClNO/c1-19-8-11-22(12-9-19)18-28-25-15-14-24(26)16-23(25)17-27-20(2)10-13-21-6-4-3-5-7-21/h3-9,11-12,14-16,20,27H,10,13,17-18H2,1-2H3/t20-/m0/s1. The Hall–Kier alpha value is -2.29. The Morgan fingerprint density at radius 1 is 0.929 bits per heavy atom. The molecule has 2 nitrogen and oxygen atoms in total. The maximum atomic E-state index is 6.22. The Balaban J connectivity index is 1.55. The summed E-state index contributed by atoms with van der Waals surface area (Å²) in [6.45, 7) is 5.60. The zero-order valence-electron chi connectivity index (χ0n) is 16.6. The molecule has 3 aromatic rings. The van der Waals surface area contributed by atoms with Gasteiger partial charge in [-0.1, -0.05) is 71.8 Å². The van der Waals surface area contributed by atoms with Crippen molar-refractivity contribution in [2.75, 3.05) is 0 Å². The van der Waals surface area contributed by atoms with Crippen molar-refractivity contribution in [3.63, 3.8) is 0 Å². The van der Waals surface area contributed by atoms with Crippen molar-refractivity contribution in [3.8, 4) is 5.75 Å². The van der Waals surface area contributed by atoms with E-state index in [0.29, 0.717) is 12.6 Å². The highest BCUT2D eigenvalue weighted by Gasteiger charge is 2.08. The summed E-state index contributed by atoms with van der Waals surface area (Å²) in [5.41, 5.74) is 4.88. The fourth-order valence-corrected chi connectivity index (χ4v) is 3.28. The Bertz CT molecular complexity index is 861. The van der Waals surface area contributed by atoms with Crippen LogP contribution in [0.3, 0.4) is 0 Å². The van der Waals surface area contributed by atoms with E-state index in [1.165, 1.54) is 11.1 Å². The van der Waals surface area contributed by atoms with Gasteiger partial charge in [0.15, 0.2) is 0 Å². The van der Waals surface area contributed by atoms with Gasteiger partial charge in [0.2, 0.25) is 0 Å². The lowest BCUT2D eigenvalue weighted by molar-refractivity contribution is 0.301. The molecule has 0 saturated carbocycles. The fourth-order valence-electron chi connectivity index (χ4n) is 3.09. The lowest BCUT2D eigenvalue weighted by atomic mass is 10.1. The molecule has 0 heterocycles. The van der Waals surface area contributed by atoms with Crippen LogP contribution in [0.15, 0.2) is 72.8 Å². The molecule has 1 atom stereocenters.